The molecule has 0 aliphatic carbocycles. The van der Waals surface area contributed by atoms with Crippen molar-refractivity contribution in [3.8, 4) is 0 Å². The molecule has 17 heavy (non-hydrogen) atoms. The zero-order valence-electron chi connectivity index (χ0n) is 10.1. The van der Waals surface area contributed by atoms with E-state index in [1.54, 1.807) is 6.20 Å². The molecule has 0 fully saturated rings. The number of fused-ring (bicyclic) bond motifs is 1. The van der Waals surface area contributed by atoms with Crippen molar-refractivity contribution in [1.82, 2.24) is 9.30 Å². The van der Waals surface area contributed by atoms with Crippen molar-refractivity contribution in [2.24, 2.45) is 0 Å². The van der Waals surface area contributed by atoms with Gasteiger partial charge in [-0.2, -0.15) is 9.30 Å². The first-order valence-electron chi connectivity index (χ1n) is 5.14. The number of carbonyl (C=O) groups is 1. The van der Waals surface area contributed by atoms with Gasteiger partial charge < -0.3 is 4.74 Å². The third-order valence-corrected chi connectivity index (χ3v) is 2.10. The normalized spacial score (nSPS) is 10.6. The van der Waals surface area contributed by atoms with Gasteiger partial charge in [-0.15, -0.1) is 0 Å². The summed E-state index contributed by atoms with van der Waals surface area (Å²) in [6.45, 7) is 5.92. The van der Waals surface area contributed by atoms with Crippen molar-refractivity contribution in [2.45, 2.75) is 26.4 Å². The van der Waals surface area contributed by atoms with Crippen LogP contribution in [-0.4, -0.2) is 21.4 Å². The van der Waals surface area contributed by atoms with Crippen LogP contribution in [0.4, 0.5) is 0 Å². The minimum absolute atomic E-state index is 0.318. The summed E-state index contributed by atoms with van der Waals surface area (Å²) in [7, 11) is 0. The molecule has 0 spiro atoms. The average Bonchev–Trinajstić information content (AvgIpc) is 2.61. The molecule has 0 N–H and O–H groups in total. The number of nitrogens with zero attached hydrogens (tertiary/aromatic N) is 2. The van der Waals surface area contributed by atoms with Crippen LogP contribution in [0.5, 0.6) is 0 Å². The molecule has 0 radical (unpaired) electrons. The molecule has 5 heteroatoms. The Morgan fingerprint density at radius 3 is 2.47 bits per heavy atom. The maximum Gasteiger partial charge on any atom is 0.293 e. The molecule has 92 valence electrons. The van der Waals surface area contributed by atoms with Crippen LogP contribution >= 0.6 is 11.8 Å². The number of aromatic nitrogens is 2. The first-order valence-corrected chi connectivity index (χ1v) is 5.48. The van der Waals surface area contributed by atoms with Crippen LogP contribution in [0.25, 0.3) is 10.9 Å². The highest BCUT2D eigenvalue weighted by atomic mass is 35.5. The highest BCUT2D eigenvalue weighted by Crippen LogP contribution is 2.12. The Balaban J connectivity index is 0.000000185. The minimum Gasteiger partial charge on any atom is -0.462 e. The number of hydrogen-bond donors (Lipinski definition) is 0. The monoisotopic (exact) mass is 254 g/mol. The van der Waals surface area contributed by atoms with Crippen molar-refractivity contribution < 1.29 is 9.53 Å². The Kier molecular flexibility index (Phi) is 4.52. The molecule has 0 aliphatic rings. The van der Waals surface area contributed by atoms with Crippen molar-refractivity contribution in [3.63, 3.8) is 0 Å². The standard InChI is InChI=1S/C7H5ClN2.C5H10O2/c8-10-7-4-2-1-3-6(7)5-9-10;1-5(2,3)7-4-6/h1-5H;4H,1-3H3. The maximum atomic E-state index is 9.60. The highest BCUT2D eigenvalue weighted by Gasteiger charge is 2.07. The van der Waals surface area contributed by atoms with Gasteiger partial charge in [-0.25, -0.2) is 0 Å². The molecule has 1 aromatic heterocycles. The van der Waals surface area contributed by atoms with Crippen molar-refractivity contribution in [3.05, 3.63) is 30.5 Å². The Labute approximate surface area is 105 Å². The molecule has 0 atom stereocenters. The van der Waals surface area contributed by atoms with E-state index in [1.807, 2.05) is 45.0 Å². The summed E-state index contributed by atoms with van der Waals surface area (Å²) >= 11 is 5.68. The molecule has 0 saturated carbocycles. The summed E-state index contributed by atoms with van der Waals surface area (Å²) in [5.41, 5.74) is 0.631. The van der Waals surface area contributed by atoms with Gasteiger partial charge in [0.2, 0.25) is 0 Å². The summed E-state index contributed by atoms with van der Waals surface area (Å²) in [5, 5.41) is 4.94. The Bertz CT molecular complexity index is 488. The van der Waals surface area contributed by atoms with Crippen LogP contribution < -0.4 is 0 Å². The summed E-state index contributed by atoms with van der Waals surface area (Å²) in [5.74, 6) is 0. The van der Waals surface area contributed by atoms with Gasteiger partial charge in [0.1, 0.15) is 5.60 Å². The molecule has 4 nitrogen and oxygen atoms in total. The topological polar surface area (TPSA) is 44.1 Å². The molecular weight excluding hydrogens is 240 g/mol. The summed E-state index contributed by atoms with van der Waals surface area (Å²) in [6.07, 6.45) is 1.74. The average molecular weight is 255 g/mol. The van der Waals surface area contributed by atoms with Gasteiger partial charge in [0.25, 0.3) is 6.47 Å². The number of carbonyl (C=O) groups excluding carboxylic acids is 1. The quantitative estimate of drug-likeness (QED) is 0.735. The van der Waals surface area contributed by atoms with Crippen LogP contribution in [0.15, 0.2) is 30.5 Å². The fourth-order valence-corrected chi connectivity index (χ4v) is 1.28. The largest absolute Gasteiger partial charge is 0.462 e. The predicted octanol–water partition coefficient (Wildman–Crippen LogP) is 3.00. The fourth-order valence-electron chi connectivity index (χ4n) is 1.08. The third kappa shape index (κ3) is 4.44. The van der Waals surface area contributed by atoms with Crippen molar-refractivity contribution >= 4 is 29.2 Å². The van der Waals surface area contributed by atoms with Crippen molar-refractivity contribution in [2.75, 3.05) is 0 Å². The van der Waals surface area contributed by atoms with Crippen LogP contribution in [-0.2, 0) is 9.53 Å². The van der Waals surface area contributed by atoms with E-state index in [0.717, 1.165) is 10.9 Å². The van der Waals surface area contributed by atoms with E-state index in [2.05, 4.69) is 9.84 Å². The number of hydrogen-bond acceptors (Lipinski definition) is 3. The summed E-state index contributed by atoms with van der Waals surface area (Å²) < 4.78 is 5.89. The number of halogens is 1. The number of ether oxygens (including phenoxy) is 1. The van der Waals surface area contributed by atoms with Gasteiger partial charge >= 0.3 is 0 Å². The molecule has 2 rings (SSSR count). The molecule has 0 unspecified atom stereocenters. The van der Waals surface area contributed by atoms with Gasteiger partial charge in [0.05, 0.1) is 11.7 Å². The van der Waals surface area contributed by atoms with E-state index < -0.39 is 0 Å². The van der Waals surface area contributed by atoms with E-state index in [0.29, 0.717) is 6.47 Å². The smallest absolute Gasteiger partial charge is 0.293 e. The Morgan fingerprint density at radius 2 is 2.00 bits per heavy atom. The van der Waals surface area contributed by atoms with E-state index in [4.69, 9.17) is 11.8 Å². The van der Waals surface area contributed by atoms with Crippen LogP contribution in [0.2, 0.25) is 0 Å². The second-order valence-electron chi connectivity index (χ2n) is 4.39. The van der Waals surface area contributed by atoms with Gasteiger partial charge in [-0.3, -0.25) is 4.79 Å². The zero-order valence-corrected chi connectivity index (χ0v) is 10.8. The van der Waals surface area contributed by atoms with E-state index in [9.17, 15) is 4.79 Å². The van der Waals surface area contributed by atoms with E-state index >= 15 is 0 Å². The number of para-hydroxylation sites is 1. The first kappa shape index (κ1) is 13.5. The lowest BCUT2D eigenvalue weighted by Gasteiger charge is -2.14. The Hall–Kier alpha value is -1.55. The Morgan fingerprint density at radius 1 is 1.35 bits per heavy atom. The number of benzene rings is 1. The van der Waals surface area contributed by atoms with Gasteiger partial charge in [-0.05, 0) is 26.8 Å². The molecule has 0 aliphatic heterocycles. The molecular formula is C12H15ClN2O2. The van der Waals surface area contributed by atoms with E-state index in [-0.39, 0.29) is 5.60 Å². The molecule has 1 heterocycles. The van der Waals surface area contributed by atoms with Crippen LogP contribution in [0, 0.1) is 0 Å². The second kappa shape index (κ2) is 5.68. The molecule has 0 amide bonds. The maximum absolute atomic E-state index is 9.60. The molecule has 0 saturated heterocycles. The first-order chi connectivity index (χ1) is 7.94. The van der Waals surface area contributed by atoms with Gasteiger partial charge in [0.15, 0.2) is 0 Å². The van der Waals surface area contributed by atoms with Gasteiger partial charge in [-0.1, -0.05) is 18.2 Å². The minimum atomic E-state index is -0.318. The lowest BCUT2D eigenvalue weighted by molar-refractivity contribution is -0.138. The lowest BCUT2D eigenvalue weighted by Crippen LogP contribution is -2.17. The lowest BCUT2D eigenvalue weighted by atomic mass is 10.2. The van der Waals surface area contributed by atoms with Crippen LogP contribution in [0.3, 0.4) is 0 Å². The number of rotatable bonds is 1. The van der Waals surface area contributed by atoms with Crippen molar-refractivity contribution in [1.29, 1.82) is 0 Å². The summed E-state index contributed by atoms with van der Waals surface area (Å²) in [4.78, 5) is 9.60. The summed E-state index contributed by atoms with van der Waals surface area (Å²) in [6, 6.07) is 7.79. The zero-order chi connectivity index (χ0) is 12.9. The van der Waals surface area contributed by atoms with E-state index in [1.165, 1.54) is 4.20 Å². The third-order valence-electron chi connectivity index (χ3n) is 1.84. The molecule has 0 bridgehead atoms. The van der Waals surface area contributed by atoms with Gasteiger partial charge in [0, 0.05) is 17.2 Å². The SMILES string of the molecule is CC(C)(C)OC=O.Cln1ncc2ccccc21. The second-order valence-corrected chi connectivity index (χ2v) is 4.71. The highest BCUT2D eigenvalue weighted by molar-refractivity contribution is 6.18. The predicted molar refractivity (Wildman–Crippen MR) is 67.9 cm³/mol. The fraction of sp³-hybridized carbons (Fsp3) is 0.333. The molecule has 2 aromatic rings. The molecule has 1 aromatic carbocycles. The van der Waals surface area contributed by atoms with Crippen LogP contribution in [0.1, 0.15) is 20.8 Å².